The van der Waals surface area contributed by atoms with E-state index in [0.29, 0.717) is 0 Å². The van der Waals surface area contributed by atoms with Crippen molar-refractivity contribution in [1.29, 1.82) is 0 Å². The first kappa shape index (κ1) is 9.54. The van der Waals surface area contributed by atoms with Gasteiger partial charge < -0.3 is 0 Å². The molecule has 4 nitrogen and oxygen atoms in total. The van der Waals surface area contributed by atoms with Crippen molar-refractivity contribution in [2.75, 3.05) is 0 Å². The molecule has 0 unspecified atom stereocenters. The van der Waals surface area contributed by atoms with Crippen molar-refractivity contribution in [2.45, 2.75) is 0 Å². The van der Waals surface area contributed by atoms with Crippen LogP contribution in [0.5, 0.6) is 0 Å². The Morgan fingerprint density at radius 1 is 1.43 bits per heavy atom. The molecule has 2 aromatic heterocycles. The van der Waals surface area contributed by atoms with E-state index in [9.17, 15) is 4.39 Å². The molecule has 0 radical (unpaired) electrons. The zero-order valence-electron chi connectivity index (χ0n) is 6.65. The molecule has 0 N–H and O–H groups in total. The first-order valence-corrected chi connectivity index (χ1v) is 4.72. The van der Waals surface area contributed by atoms with Gasteiger partial charge in [-0.2, -0.15) is 10.1 Å². The van der Waals surface area contributed by atoms with Crippen LogP contribution >= 0.6 is 27.5 Å². The lowest BCUT2D eigenvalue weighted by molar-refractivity contribution is 0.592. The number of nitrogens with zero attached hydrogens (tertiary/aromatic N) is 4. The van der Waals surface area contributed by atoms with Crippen LogP contribution in [0.1, 0.15) is 0 Å². The summed E-state index contributed by atoms with van der Waals surface area (Å²) in [6.45, 7) is 0. The fourth-order valence-electron chi connectivity index (χ4n) is 0.915. The summed E-state index contributed by atoms with van der Waals surface area (Å²) in [4.78, 5) is 7.21. The molecule has 2 rings (SSSR count). The zero-order valence-corrected chi connectivity index (χ0v) is 9.00. The molecular formula is C7H3BrClFN4. The minimum atomic E-state index is -0.579. The molecular weight excluding hydrogens is 274 g/mol. The van der Waals surface area contributed by atoms with Crippen LogP contribution in [0, 0.1) is 5.82 Å². The van der Waals surface area contributed by atoms with Gasteiger partial charge in [0.25, 0.3) is 0 Å². The molecule has 14 heavy (non-hydrogen) atoms. The molecule has 0 aromatic carbocycles. The van der Waals surface area contributed by atoms with E-state index in [2.05, 4.69) is 31.0 Å². The van der Waals surface area contributed by atoms with Crippen LogP contribution in [0.3, 0.4) is 0 Å². The van der Waals surface area contributed by atoms with Gasteiger partial charge in [0.15, 0.2) is 11.6 Å². The lowest BCUT2D eigenvalue weighted by Crippen LogP contribution is -2.02. The third kappa shape index (κ3) is 1.76. The summed E-state index contributed by atoms with van der Waals surface area (Å²) >= 11 is 8.72. The molecule has 0 spiro atoms. The van der Waals surface area contributed by atoms with Crippen LogP contribution in [0.2, 0.25) is 5.28 Å². The molecule has 2 aromatic rings. The standard InChI is InChI=1S/C7H3BrClFN4/c8-4-1-12-14(3-4)6-5(10)2-11-7(9)13-6/h1-3H. The molecule has 0 amide bonds. The highest BCUT2D eigenvalue weighted by atomic mass is 79.9. The van der Waals surface area contributed by atoms with Gasteiger partial charge >= 0.3 is 0 Å². The number of hydrogen-bond donors (Lipinski definition) is 0. The molecule has 72 valence electrons. The maximum atomic E-state index is 13.2. The Labute approximate surface area is 91.9 Å². The molecule has 0 saturated heterocycles. The van der Waals surface area contributed by atoms with E-state index in [1.54, 1.807) is 6.20 Å². The molecule has 0 aliphatic rings. The molecule has 0 saturated carbocycles. The van der Waals surface area contributed by atoms with Crippen LogP contribution < -0.4 is 0 Å². The quantitative estimate of drug-likeness (QED) is 0.751. The van der Waals surface area contributed by atoms with Gasteiger partial charge in [0.2, 0.25) is 5.28 Å². The van der Waals surface area contributed by atoms with Crippen LogP contribution in [0.25, 0.3) is 5.82 Å². The molecule has 0 atom stereocenters. The van der Waals surface area contributed by atoms with Crippen molar-refractivity contribution in [1.82, 2.24) is 19.7 Å². The largest absolute Gasteiger partial charge is 0.224 e. The summed E-state index contributed by atoms with van der Waals surface area (Å²) in [6, 6.07) is 0. The average Bonchev–Trinajstić information content (AvgIpc) is 2.56. The number of aromatic nitrogens is 4. The Bertz CT molecular complexity index is 472. The normalized spacial score (nSPS) is 10.5. The Hall–Kier alpha value is -1.01. The van der Waals surface area contributed by atoms with Gasteiger partial charge in [0.1, 0.15) is 0 Å². The van der Waals surface area contributed by atoms with E-state index >= 15 is 0 Å². The van der Waals surface area contributed by atoms with Gasteiger partial charge in [-0.15, -0.1) is 0 Å². The molecule has 0 fully saturated rings. The highest BCUT2D eigenvalue weighted by Crippen LogP contribution is 2.14. The van der Waals surface area contributed by atoms with Crippen LogP contribution in [-0.2, 0) is 0 Å². The molecule has 7 heteroatoms. The van der Waals surface area contributed by atoms with E-state index in [1.165, 1.54) is 10.9 Å². The summed E-state index contributed by atoms with van der Waals surface area (Å²) in [5, 5.41) is 3.85. The van der Waals surface area contributed by atoms with E-state index in [1.807, 2.05) is 0 Å². The van der Waals surface area contributed by atoms with Gasteiger partial charge in [0.05, 0.1) is 16.9 Å². The number of halogens is 3. The summed E-state index contributed by atoms with van der Waals surface area (Å²) in [5.74, 6) is -0.555. The average molecular weight is 277 g/mol. The predicted molar refractivity (Wildman–Crippen MR) is 51.8 cm³/mol. The van der Waals surface area contributed by atoms with Gasteiger partial charge in [0, 0.05) is 6.20 Å². The first-order valence-electron chi connectivity index (χ1n) is 3.55. The molecule has 0 aliphatic heterocycles. The second kappa shape index (κ2) is 3.62. The Kier molecular flexibility index (Phi) is 2.47. The molecule has 2 heterocycles. The highest BCUT2D eigenvalue weighted by molar-refractivity contribution is 9.10. The maximum absolute atomic E-state index is 13.2. The second-order valence-corrected chi connectivity index (χ2v) is 3.67. The minimum absolute atomic E-state index is 0.0203. The Morgan fingerprint density at radius 3 is 2.86 bits per heavy atom. The SMILES string of the molecule is Fc1cnc(Cl)nc1-n1cc(Br)cn1. The highest BCUT2D eigenvalue weighted by Gasteiger charge is 2.08. The van der Waals surface area contributed by atoms with E-state index in [0.717, 1.165) is 10.7 Å². The van der Waals surface area contributed by atoms with Crippen molar-refractivity contribution in [3.05, 3.63) is 34.2 Å². The number of hydrogen-bond acceptors (Lipinski definition) is 3. The lowest BCUT2D eigenvalue weighted by Gasteiger charge is -2.00. The first-order chi connectivity index (χ1) is 6.66. The fraction of sp³-hybridized carbons (Fsp3) is 0. The van der Waals surface area contributed by atoms with E-state index in [-0.39, 0.29) is 11.1 Å². The summed E-state index contributed by atoms with van der Waals surface area (Å²) < 4.78 is 15.2. The van der Waals surface area contributed by atoms with Crippen molar-refractivity contribution < 1.29 is 4.39 Å². The van der Waals surface area contributed by atoms with E-state index < -0.39 is 5.82 Å². The Morgan fingerprint density at radius 2 is 2.21 bits per heavy atom. The second-order valence-electron chi connectivity index (χ2n) is 2.41. The predicted octanol–water partition coefficient (Wildman–Crippen LogP) is 2.22. The van der Waals surface area contributed by atoms with Crippen molar-refractivity contribution in [3.8, 4) is 5.82 Å². The van der Waals surface area contributed by atoms with Crippen LogP contribution in [-0.4, -0.2) is 19.7 Å². The van der Waals surface area contributed by atoms with Gasteiger partial charge in [-0.1, -0.05) is 0 Å². The van der Waals surface area contributed by atoms with E-state index in [4.69, 9.17) is 11.6 Å². The zero-order chi connectivity index (χ0) is 10.1. The van der Waals surface area contributed by atoms with Crippen LogP contribution in [0.4, 0.5) is 4.39 Å². The number of rotatable bonds is 1. The topological polar surface area (TPSA) is 43.6 Å². The third-order valence-corrected chi connectivity index (χ3v) is 2.06. The minimum Gasteiger partial charge on any atom is -0.223 e. The maximum Gasteiger partial charge on any atom is 0.224 e. The van der Waals surface area contributed by atoms with Gasteiger partial charge in [-0.05, 0) is 27.5 Å². The summed E-state index contributed by atoms with van der Waals surface area (Å²) in [7, 11) is 0. The Balaban J connectivity index is 2.55. The van der Waals surface area contributed by atoms with Crippen molar-refractivity contribution in [3.63, 3.8) is 0 Å². The van der Waals surface area contributed by atoms with Crippen LogP contribution in [0.15, 0.2) is 23.1 Å². The molecule has 0 bridgehead atoms. The van der Waals surface area contributed by atoms with Gasteiger partial charge in [-0.3, -0.25) is 0 Å². The summed E-state index contributed by atoms with van der Waals surface area (Å²) in [5.41, 5.74) is 0. The van der Waals surface area contributed by atoms with Crippen molar-refractivity contribution in [2.24, 2.45) is 0 Å². The smallest absolute Gasteiger partial charge is 0.223 e. The van der Waals surface area contributed by atoms with Gasteiger partial charge in [-0.25, -0.2) is 14.1 Å². The third-order valence-electron chi connectivity index (χ3n) is 1.46. The monoisotopic (exact) mass is 276 g/mol. The lowest BCUT2D eigenvalue weighted by atomic mass is 10.5. The molecule has 0 aliphatic carbocycles. The fourth-order valence-corrected chi connectivity index (χ4v) is 1.33. The summed E-state index contributed by atoms with van der Waals surface area (Å²) in [6.07, 6.45) is 4.09. The van der Waals surface area contributed by atoms with Crippen molar-refractivity contribution >= 4 is 27.5 Å².